The summed E-state index contributed by atoms with van der Waals surface area (Å²) in [5.41, 5.74) is 3.41. The maximum atomic E-state index is 5.30. The second-order valence-corrected chi connectivity index (χ2v) is 5.12. The summed E-state index contributed by atoms with van der Waals surface area (Å²) in [6.07, 6.45) is 14.1. The highest BCUT2D eigenvalue weighted by Gasteiger charge is 2.15. The fourth-order valence-electron chi connectivity index (χ4n) is 2.60. The van der Waals surface area contributed by atoms with Gasteiger partial charge in [-0.1, -0.05) is 30.4 Å². The molecule has 108 valence electrons. The molecule has 0 bridgehead atoms. The number of rotatable bonds is 4. The normalized spacial score (nSPS) is 19.4. The molecule has 1 unspecified atom stereocenters. The SMILES string of the molecule is COc1cc(NC2=CCC3C=CC=CC3=C2)cc(OC)c1. The van der Waals surface area contributed by atoms with E-state index in [9.17, 15) is 0 Å². The summed E-state index contributed by atoms with van der Waals surface area (Å²) in [6, 6.07) is 5.79. The highest BCUT2D eigenvalue weighted by molar-refractivity contribution is 5.59. The first-order valence-electron chi connectivity index (χ1n) is 7.05. The molecule has 1 aromatic rings. The number of anilines is 1. The van der Waals surface area contributed by atoms with Gasteiger partial charge < -0.3 is 14.8 Å². The van der Waals surface area contributed by atoms with Crippen LogP contribution in [0, 0.1) is 5.92 Å². The van der Waals surface area contributed by atoms with Crippen molar-refractivity contribution in [3.63, 3.8) is 0 Å². The van der Waals surface area contributed by atoms with Gasteiger partial charge in [0.05, 0.1) is 14.2 Å². The first-order chi connectivity index (χ1) is 10.3. The summed E-state index contributed by atoms with van der Waals surface area (Å²) < 4.78 is 10.6. The number of methoxy groups -OCH3 is 2. The Bertz CT molecular complexity index is 631. The van der Waals surface area contributed by atoms with Crippen LogP contribution >= 0.6 is 0 Å². The molecule has 21 heavy (non-hydrogen) atoms. The van der Waals surface area contributed by atoms with Gasteiger partial charge in [0.25, 0.3) is 0 Å². The average molecular weight is 281 g/mol. The van der Waals surface area contributed by atoms with Crippen LogP contribution in [0.25, 0.3) is 0 Å². The molecule has 3 nitrogen and oxygen atoms in total. The van der Waals surface area contributed by atoms with Crippen LogP contribution in [0.4, 0.5) is 5.69 Å². The zero-order valence-electron chi connectivity index (χ0n) is 12.3. The molecule has 0 fully saturated rings. The van der Waals surface area contributed by atoms with Gasteiger partial charge in [0.2, 0.25) is 0 Å². The predicted molar refractivity (Wildman–Crippen MR) is 85.7 cm³/mol. The lowest BCUT2D eigenvalue weighted by atomic mass is 9.87. The second-order valence-electron chi connectivity index (χ2n) is 5.12. The van der Waals surface area contributed by atoms with E-state index in [1.165, 1.54) is 5.57 Å². The standard InChI is InChI=1S/C18H19NO2/c1-20-17-10-16(11-18(12-17)21-2)19-15-8-7-13-5-3-4-6-14(13)9-15/h3-6,8-13,19H,7H2,1-2H3. The van der Waals surface area contributed by atoms with Crippen molar-refractivity contribution in [1.82, 2.24) is 0 Å². The number of allylic oxidation sites excluding steroid dienone is 7. The van der Waals surface area contributed by atoms with E-state index in [0.29, 0.717) is 5.92 Å². The Hall–Kier alpha value is -2.42. The summed E-state index contributed by atoms with van der Waals surface area (Å²) in [4.78, 5) is 0. The topological polar surface area (TPSA) is 30.5 Å². The lowest BCUT2D eigenvalue weighted by molar-refractivity contribution is 0.395. The average Bonchev–Trinajstić information content (AvgIpc) is 2.54. The largest absolute Gasteiger partial charge is 0.497 e. The van der Waals surface area contributed by atoms with Gasteiger partial charge in [-0.2, -0.15) is 0 Å². The van der Waals surface area contributed by atoms with Crippen molar-refractivity contribution in [2.24, 2.45) is 5.92 Å². The lowest BCUT2D eigenvalue weighted by Crippen LogP contribution is -2.09. The Morgan fingerprint density at radius 2 is 1.81 bits per heavy atom. The summed E-state index contributed by atoms with van der Waals surface area (Å²) in [6.45, 7) is 0. The third-order valence-electron chi connectivity index (χ3n) is 3.73. The third kappa shape index (κ3) is 3.02. The van der Waals surface area contributed by atoms with E-state index >= 15 is 0 Å². The molecular formula is C18H19NO2. The third-order valence-corrected chi connectivity index (χ3v) is 3.73. The number of fused-ring (bicyclic) bond motifs is 1. The second kappa shape index (κ2) is 5.92. The summed E-state index contributed by atoms with van der Waals surface area (Å²) >= 11 is 0. The number of benzene rings is 1. The van der Waals surface area contributed by atoms with E-state index in [2.05, 4.69) is 41.8 Å². The molecule has 1 aromatic carbocycles. The number of hydrogen-bond donors (Lipinski definition) is 1. The van der Waals surface area contributed by atoms with Gasteiger partial charge in [-0.05, 0) is 18.1 Å². The van der Waals surface area contributed by atoms with Gasteiger partial charge in [-0.3, -0.25) is 0 Å². The first-order valence-corrected chi connectivity index (χ1v) is 7.05. The molecular weight excluding hydrogens is 262 g/mol. The van der Waals surface area contributed by atoms with Crippen LogP contribution in [-0.2, 0) is 0 Å². The lowest BCUT2D eigenvalue weighted by Gasteiger charge is -2.22. The molecule has 3 heteroatoms. The van der Waals surface area contributed by atoms with Crippen LogP contribution in [0.15, 0.2) is 65.9 Å². The van der Waals surface area contributed by atoms with E-state index in [4.69, 9.17) is 9.47 Å². The highest BCUT2D eigenvalue weighted by Crippen LogP contribution is 2.31. The van der Waals surface area contributed by atoms with Gasteiger partial charge >= 0.3 is 0 Å². The van der Waals surface area contributed by atoms with Crippen LogP contribution in [0.5, 0.6) is 11.5 Å². The molecule has 1 atom stereocenters. The molecule has 2 aliphatic rings. The number of nitrogens with one attached hydrogen (secondary N) is 1. The van der Waals surface area contributed by atoms with Crippen molar-refractivity contribution in [3.8, 4) is 11.5 Å². The summed E-state index contributed by atoms with van der Waals surface area (Å²) in [7, 11) is 3.31. The van der Waals surface area contributed by atoms with E-state index in [1.54, 1.807) is 14.2 Å². The predicted octanol–water partition coefficient (Wildman–Crippen LogP) is 4.07. The van der Waals surface area contributed by atoms with Gasteiger partial charge in [-0.25, -0.2) is 0 Å². The molecule has 0 saturated carbocycles. The zero-order valence-corrected chi connectivity index (χ0v) is 12.3. The highest BCUT2D eigenvalue weighted by atomic mass is 16.5. The van der Waals surface area contributed by atoms with Crippen LogP contribution in [-0.4, -0.2) is 14.2 Å². The first kappa shape index (κ1) is 13.6. The molecule has 0 heterocycles. The van der Waals surface area contributed by atoms with Crippen molar-refractivity contribution < 1.29 is 9.47 Å². The van der Waals surface area contributed by atoms with Crippen molar-refractivity contribution in [2.45, 2.75) is 6.42 Å². The van der Waals surface area contributed by atoms with Crippen molar-refractivity contribution >= 4 is 5.69 Å². The molecule has 0 radical (unpaired) electrons. The molecule has 1 N–H and O–H groups in total. The minimum atomic E-state index is 0.514. The van der Waals surface area contributed by atoms with E-state index in [-0.39, 0.29) is 0 Å². The Kier molecular flexibility index (Phi) is 3.82. The molecule has 0 spiro atoms. The summed E-state index contributed by atoms with van der Waals surface area (Å²) in [5.74, 6) is 2.07. The zero-order chi connectivity index (χ0) is 14.7. The van der Waals surface area contributed by atoms with Gasteiger partial charge in [0, 0.05) is 35.5 Å². The van der Waals surface area contributed by atoms with Gasteiger partial charge in [0.15, 0.2) is 0 Å². The Morgan fingerprint density at radius 1 is 1.05 bits per heavy atom. The van der Waals surface area contributed by atoms with Crippen LogP contribution < -0.4 is 14.8 Å². The Morgan fingerprint density at radius 3 is 2.52 bits per heavy atom. The van der Waals surface area contributed by atoms with Crippen molar-refractivity contribution in [3.05, 3.63) is 65.9 Å². The van der Waals surface area contributed by atoms with Crippen molar-refractivity contribution in [1.29, 1.82) is 0 Å². The van der Waals surface area contributed by atoms with E-state index in [0.717, 1.165) is 29.3 Å². The molecule has 2 aliphatic carbocycles. The van der Waals surface area contributed by atoms with Crippen molar-refractivity contribution in [2.75, 3.05) is 19.5 Å². The van der Waals surface area contributed by atoms with E-state index in [1.807, 2.05) is 18.2 Å². The quantitative estimate of drug-likeness (QED) is 0.902. The van der Waals surface area contributed by atoms with Crippen LogP contribution in [0.1, 0.15) is 6.42 Å². The molecule has 0 amide bonds. The maximum Gasteiger partial charge on any atom is 0.124 e. The minimum absolute atomic E-state index is 0.514. The Balaban J connectivity index is 1.81. The minimum Gasteiger partial charge on any atom is -0.497 e. The number of ether oxygens (including phenoxy) is 2. The molecule has 0 aliphatic heterocycles. The summed E-state index contributed by atoms with van der Waals surface area (Å²) in [5, 5.41) is 3.43. The smallest absolute Gasteiger partial charge is 0.124 e. The van der Waals surface area contributed by atoms with Gasteiger partial charge in [0.1, 0.15) is 11.5 Å². The monoisotopic (exact) mass is 281 g/mol. The van der Waals surface area contributed by atoms with E-state index < -0.39 is 0 Å². The molecule has 0 aromatic heterocycles. The Labute approximate surface area is 125 Å². The number of hydrogen-bond acceptors (Lipinski definition) is 3. The van der Waals surface area contributed by atoms with Gasteiger partial charge in [-0.15, -0.1) is 0 Å². The molecule has 0 saturated heterocycles. The maximum absolute atomic E-state index is 5.30. The fraction of sp³-hybridized carbons (Fsp3) is 0.222. The molecule has 3 rings (SSSR count). The fourth-order valence-corrected chi connectivity index (χ4v) is 2.60. The van der Waals surface area contributed by atoms with Crippen LogP contribution in [0.3, 0.4) is 0 Å². The van der Waals surface area contributed by atoms with Crippen LogP contribution in [0.2, 0.25) is 0 Å².